The highest BCUT2D eigenvalue weighted by Gasteiger charge is 2.16. The molecule has 0 amide bonds. The molecule has 100 valence electrons. The van der Waals surface area contributed by atoms with Crippen LogP contribution < -0.4 is 4.74 Å². The van der Waals surface area contributed by atoms with Gasteiger partial charge in [-0.15, -0.1) is 0 Å². The number of methoxy groups -OCH3 is 1. The number of carbonyl (C=O) groups is 1. The predicted octanol–water partition coefficient (Wildman–Crippen LogP) is 2.62. The lowest BCUT2D eigenvalue weighted by molar-refractivity contribution is 0.103. The highest BCUT2D eigenvalue weighted by atomic mass is 35.5. The number of aromatic nitrogens is 3. The summed E-state index contributed by atoms with van der Waals surface area (Å²) in [6.45, 7) is 0. The first-order chi connectivity index (χ1) is 9.69. The van der Waals surface area contributed by atoms with Crippen LogP contribution in [0.1, 0.15) is 16.1 Å². The first kappa shape index (κ1) is 12.6. The highest BCUT2D eigenvalue weighted by molar-refractivity contribution is 6.29. The Hall–Kier alpha value is -2.40. The molecule has 0 unspecified atom stereocenters. The minimum Gasteiger partial charge on any atom is -0.497 e. The topological polar surface area (TPSA) is 56.5 Å². The van der Waals surface area contributed by atoms with Gasteiger partial charge in [0.1, 0.15) is 16.6 Å². The van der Waals surface area contributed by atoms with Gasteiger partial charge in [-0.1, -0.05) is 23.7 Å². The van der Waals surface area contributed by atoms with Crippen LogP contribution in [0.2, 0.25) is 5.15 Å². The molecule has 0 radical (unpaired) electrons. The molecule has 20 heavy (non-hydrogen) atoms. The standard InChI is InChI=1S/C14H10ClN3O2/c1-20-10-4-2-3-9(7-10)14(19)11-8-16-13-6-5-12(15)17-18(11)13/h2-8H,1H3. The van der Waals surface area contributed by atoms with Crippen molar-refractivity contribution in [3.8, 4) is 5.75 Å². The molecule has 0 fully saturated rings. The molecule has 3 rings (SSSR count). The second kappa shape index (κ2) is 4.94. The molecule has 0 saturated carbocycles. The van der Waals surface area contributed by atoms with Gasteiger partial charge in [0.25, 0.3) is 0 Å². The van der Waals surface area contributed by atoms with E-state index in [0.717, 1.165) is 0 Å². The number of benzene rings is 1. The second-order valence-electron chi connectivity index (χ2n) is 4.13. The number of hydrogen-bond donors (Lipinski definition) is 0. The van der Waals surface area contributed by atoms with Crippen molar-refractivity contribution in [2.45, 2.75) is 0 Å². The lowest BCUT2D eigenvalue weighted by atomic mass is 10.1. The molecule has 2 aromatic heterocycles. The molecule has 0 aliphatic rings. The van der Waals surface area contributed by atoms with Crippen LogP contribution in [0, 0.1) is 0 Å². The van der Waals surface area contributed by atoms with Crippen LogP contribution in [0.25, 0.3) is 5.65 Å². The van der Waals surface area contributed by atoms with E-state index in [4.69, 9.17) is 16.3 Å². The third-order valence-corrected chi connectivity index (χ3v) is 3.10. The molecule has 3 aromatic rings. The van der Waals surface area contributed by atoms with Crippen LogP contribution in [0.4, 0.5) is 0 Å². The van der Waals surface area contributed by atoms with E-state index in [-0.39, 0.29) is 5.78 Å². The molecule has 0 aliphatic carbocycles. The zero-order chi connectivity index (χ0) is 14.1. The molecule has 2 heterocycles. The number of halogens is 1. The van der Waals surface area contributed by atoms with Crippen LogP contribution in [0.15, 0.2) is 42.6 Å². The monoisotopic (exact) mass is 287 g/mol. The van der Waals surface area contributed by atoms with E-state index >= 15 is 0 Å². The van der Waals surface area contributed by atoms with E-state index < -0.39 is 0 Å². The maximum Gasteiger partial charge on any atom is 0.213 e. The number of carbonyl (C=O) groups excluding carboxylic acids is 1. The molecule has 0 N–H and O–H groups in total. The van der Waals surface area contributed by atoms with E-state index in [1.807, 2.05) is 0 Å². The summed E-state index contributed by atoms with van der Waals surface area (Å²) in [4.78, 5) is 16.6. The fourth-order valence-electron chi connectivity index (χ4n) is 1.92. The fourth-order valence-corrected chi connectivity index (χ4v) is 2.06. The SMILES string of the molecule is COc1cccc(C(=O)c2cnc3ccc(Cl)nn23)c1. The second-order valence-corrected chi connectivity index (χ2v) is 4.52. The van der Waals surface area contributed by atoms with E-state index in [0.29, 0.717) is 27.8 Å². The summed E-state index contributed by atoms with van der Waals surface area (Å²) in [5, 5.41) is 4.39. The average molecular weight is 288 g/mol. The molecular formula is C14H10ClN3O2. The molecule has 0 spiro atoms. The maximum atomic E-state index is 12.5. The van der Waals surface area contributed by atoms with Gasteiger partial charge in [0, 0.05) is 5.56 Å². The molecule has 6 heteroatoms. The molecule has 0 bridgehead atoms. The van der Waals surface area contributed by atoms with E-state index in [2.05, 4.69) is 10.1 Å². The van der Waals surface area contributed by atoms with Gasteiger partial charge in [-0.2, -0.15) is 5.10 Å². The largest absolute Gasteiger partial charge is 0.497 e. The third-order valence-electron chi connectivity index (χ3n) is 2.89. The normalized spacial score (nSPS) is 10.7. The van der Waals surface area contributed by atoms with E-state index in [1.165, 1.54) is 10.7 Å². The first-order valence-corrected chi connectivity index (χ1v) is 6.26. The quantitative estimate of drug-likeness (QED) is 0.695. The summed E-state index contributed by atoms with van der Waals surface area (Å²) in [6, 6.07) is 10.3. The minimum absolute atomic E-state index is 0.189. The Balaban J connectivity index is 2.10. The predicted molar refractivity (Wildman–Crippen MR) is 74.4 cm³/mol. The van der Waals surface area contributed by atoms with Gasteiger partial charge in [-0.25, -0.2) is 9.50 Å². The number of imidazole rings is 1. The van der Waals surface area contributed by atoms with Gasteiger partial charge in [-0.3, -0.25) is 4.79 Å². The number of ether oxygens (including phenoxy) is 1. The van der Waals surface area contributed by atoms with Crippen molar-refractivity contribution in [1.29, 1.82) is 0 Å². The fraction of sp³-hybridized carbons (Fsp3) is 0.0714. The van der Waals surface area contributed by atoms with Crippen molar-refractivity contribution in [1.82, 2.24) is 14.6 Å². The lowest BCUT2D eigenvalue weighted by Gasteiger charge is -2.03. The van der Waals surface area contributed by atoms with Crippen LogP contribution >= 0.6 is 11.6 Å². The highest BCUT2D eigenvalue weighted by Crippen LogP contribution is 2.17. The van der Waals surface area contributed by atoms with Gasteiger partial charge < -0.3 is 4.74 Å². The summed E-state index contributed by atoms with van der Waals surface area (Å²) in [7, 11) is 1.55. The number of hydrogen-bond acceptors (Lipinski definition) is 4. The van der Waals surface area contributed by atoms with Crippen LogP contribution in [0.3, 0.4) is 0 Å². The lowest BCUT2D eigenvalue weighted by Crippen LogP contribution is -2.07. The van der Waals surface area contributed by atoms with Gasteiger partial charge in [0.2, 0.25) is 5.78 Å². The third kappa shape index (κ3) is 2.12. The van der Waals surface area contributed by atoms with E-state index in [1.54, 1.807) is 43.5 Å². The Morgan fingerprint density at radius 3 is 2.95 bits per heavy atom. The minimum atomic E-state index is -0.189. The Labute approximate surface area is 119 Å². The van der Waals surface area contributed by atoms with Gasteiger partial charge in [-0.05, 0) is 24.3 Å². The molecule has 0 atom stereocenters. The molecule has 0 aliphatic heterocycles. The Bertz CT molecular complexity index is 798. The number of nitrogens with zero attached hydrogens (tertiary/aromatic N) is 3. The van der Waals surface area contributed by atoms with Gasteiger partial charge in [0.15, 0.2) is 5.65 Å². The first-order valence-electron chi connectivity index (χ1n) is 5.88. The van der Waals surface area contributed by atoms with Gasteiger partial charge in [0.05, 0.1) is 13.3 Å². The summed E-state index contributed by atoms with van der Waals surface area (Å²) >= 11 is 5.85. The zero-order valence-electron chi connectivity index (χ0n) is 10.6. The number of ketones is 1. The summed E-state index contributed by atoms with van der Waals surface area (Å²) in [6.07, 6.45) is 1.49. The van der Waals surface area contributed by atoms with Gasteiger partial charge >= 0.3 is 0 Å². The smallest absolute Gasteiger partial charge is 0.213 e. The molecule has 5 nitrogen and oxygen atoms in total. The van der Waals surface area contributed by atoms with Crippen LogP contribution in [-0.4, -0.2) is 27.5 Å². The van der Waals surface area contributed by atoms with Crippen molar-refractivity contribution in [2.75, 3.05) is 7.11 Å². The van der Waals surface area contributed by atoms with E-state index in [9.17, 15) is 4.79 Å². The van der Waals surface area contributed by atoms with Crippen molar-refractivity contribution >= 4 is 23.0 Å². The van der Waals surface area contributed by atoms with Crippen LogP contribution in [-0.2, 0) is 0 Å². The van der Waals surface area contributed by atoms with Crippen molar-refractivity contribution in [3.63, 3.8) is 0 Å². The Morgan fingerprint density at radius 1 is 1.30 bits per heavy atom. The molecule has 0 saturated heterocycles. The summed E-state index contributed by atoms with van der Waals surface area (Å²) < 4.78 is 6.55. The Morgan fingerprint density at radius 2 is 2.15 bits per heavy atom. The summed E-state index contributed by atoms with van der Waals surface area (Å²) in [5.41, 5.74) is 1.43. The molecule has 1 aromatic carbocycles. The number of rotatable bonds is 3. The van der Waals surface area contributed by atoms with Crippen molar-refractivity contribution < 1.29 is 9.53 Å². The Kier molecular flexibility index (Phi) is 3.12. The van der Waals surface area contributed by atoms with Crippen molar-refractivity contribution in [3.05, 3.63) is 59.0 Å². The summed E-state index contributed by atoms with van der Waals surface area (Å²) in [5.74, 6) is 0.432. The zero-order valence-corrected chi connectivity index (χ0v) is 11.3. The maximum absolute atomic E-state index is 12.5. The van der Waals surface area contributed by atoms with Crippen LogP contribution in [0.5, 0.6) is 5.75 Å². The number of fused-ring (bicyclic) bond motifs is 1. The van der Waals surface area contributed by atoms with Crippen molar-refractivity contribution in [2.24, 2.45) is 0 Å². The molecular weight excluding hydrogens is 278 g/mol. The average Bonchev–Trinajstić information content (AvgIpc) is 2.89.